The Bertz CT molecular complexity index is 193. The molecule has 0 spiro atoms. The Kier molecular flexibility index (Phi) is 7.14. The second-order valence-electron chi connectivity index (χ2n) is 6.36. The predicted octanol–water partition coefficient (Wildman–Crippen LogP) is 3.06. The fraction of sp³-hybridized carbons (Fsp3) is 1.00. The van der Waals surface area contributed by atoms with Crippen LogP contribution in [0.25, 0.3) is 0 Å². The van der Waals surface area contributed by atoms with Crippen LogP contribution in [0.15, 0.2) is 0 Å². The van der Waals surface area contributed by atoms with Gasteiger partial charge in [-0.15, -0.1) is 0 Å². The third-order valence-electron chi connectivity index (χ3n) is 4.12. The summed E-state index contributed by atoms with van der Waals surface area (Å²) in [4.78, 5) is 0. The molecule has 3 unspecified atom stereocenters. The van der Waals surface area contributed by atoms with Crippen LogP contribution in [0.2, 0.25) is 0 Å². The minimum absolute atomic E-state index is 0.376. The molecule has 0 heterocycles. The summed E-state index contributed by atoms with van der Waals surface area (Å²) < 4.78 is 0. The quantitative estimate of drug-likeness (QED) is 0.671. The van der Waals surface area contributed by atoms with Crippen LogP contribution in [0.5, 0.6) is 0 Å². The summed E-state index contributed by atoms with van der Waals surface area (Å²) in [7, 11) is 0. The highest BCUT2D eigenvalue weighted by molar-refractivity contribution is 4.77. The lowest BCUT2D eigenvalue weighted by Gasteiger charge is -2.32. The lowest BCUT2D eigenvalue weighted by atomic mass is 9.75. The van der Waals surface area contributed by atoms with Crippen molar-refractivity contribution in [3.05, 3.63) is 0 Å². The van der Waals surface area contributed by atoms with Crippen LogP contribution in [0.1, 0.15) is 52.9 Å². The van der Waals surface area contributed by atoms with E-state index in [1.807, 2.05) is 0 Å². The number of aliphatic hydroxyl groups is 1. The SMILES string of the molecule is CC(C)CNCCC(CO)C1CCCC(C)C1. The molecule has 0 aliphatic heterocycles. The molecule has 17 heavy (non-hydrogen) atoms. The Morgan fingerprint density at radius 3 is 2.65 bits per heavy atom. The summed E-state index contributed by atoms with van der Waals surface area (Å²) in [6, 6.07) is 0. The zero-order valence-corrected chi connectivity index (χ0v) is 11.9. The zero-order chi connectivity index (χ0) is 12.7. The van der Waals surface area contributed by atoms with Crippen molar-refractivity contribution in [2.45, 2.75) is 52.9 Å². The molecule has 0 aromatic heterocycles. The van der Waals surface area contributed by atoms with Crippen LogP contribution >= 0.6 is 0 Å². The van der Waals surface area contributed by atoms with Crippen molar-refractivity contribution in [2.75, 3.05) is 19.7 Å². The fourth-order valence-electron chi connectivity index (χ4n) is 3.06. The summed E-state index contributed by atoms with van der Waals surface area (Å²) in [5.74, 6) is 2.88. The highest BCUT2D eigenvalue weighted by atomic mass is 16.3. The highest BCUT2D eigenvalue weighted by Gasteiger charge is 2.25. The monoisotopic (exact) mass is 241 g/mol. The molecule has 1 aliphatic rings. The van der Waals surface area contributed by atoms with Crippen molar-refractivity contribution in [2.24, 2.45) is 23.7 Å². The van der Waals surface area contributed by atoms with Crippen LogP contribution in [0.4, 0.5) is 0 Å². The van der Waals surface area contributed by atoms with Crippen molar-refractivity contribution < 1.29 is 5.11 Å². The Hall–Kier alpha value is -0.0800. The van der Waals surface area contributed by atoms with E-state index in [-0.39, 0.29) is 0 Å². The van der Waals surface area contributed by atoms with Crippen molar-refractivity contribution in [3.63, 3.8) is 0 Å². The molecular weight excluding hydrogens is 210 g/mol. The van der Waals surface area contributed by atoms with E-state index in [2.05, 4.69) is 26.1 Å². The van der Waals surface area contributed by atoms with Crippen LogP contribution in [0.3, 0.4) is 0 Å². The van der Waals surface area contributed by atoms with Gasteiger partial charge in [-0.2, -0.15) is 0 Å². The van der Waals surface area contributed by atoms with Gasteiger partial charge in [0.1, 0.15) is 0 Å². The summed E-state index contributed by atoms with van der Waals surface area (Å²) >= 11 is 0. The van der Waals surface area contributed by atoms with Gasteiger partial charge in [0.2, 0.25) is 0 Å². The normalized spacial score (nSPS) is 27.4. The van der Waals surface area contributed by atoms with E-state index in [9.17, 15) is 5.11 Å². The van der Waals surface area contributed by atoms with Gasteiger partial charge in [0, 0.05) is 6.61 Å². The van der Waals surface area contributed by atoms with E-state index < -0.39 is 0 Å². The molecule has 0 radical (unpaired) electrons. The Morgan fingerprint density at radius 2 is 2.06 bits per heavy atom. The second-order valence-corrected chi connectivity index (χ2v) is 6.36. The molecular formula is C15H31NO. The maximum Gasteiger partial charge on any atom is 0.0462 e. The number of aliphatic hydroxyl groups excluding tert-OH is 1. The summed E-state index contributed by atoms with van der Waals surface area (Å²) in [5, 5.41) is 13.0. The highest BCUT2D eigenvalue weighted by Crippen LogP contribution is 2.34. The molecule has 102 valence electrons. The Labute approximate surface area is 107 Å². The van der Waals surface area contributed by atoms with Gasteiger partial charge < -0.3 is 10.4 Å². The topological polar surface area (TPSA) is 32.3 Å². The lowest BCUT2D eigenvalue weighted by Crippen LogP contribution is -2.29. The van der Waals surface area contributed by atoms with Crippen LogP contribution in [0, 0.1) is 23.7 Å². The zero-order valence-electron chi connectivity index (χ0n) is 11.9. The van der Waals surface area contributed by atoms with Gasteiger partial charge in [-0.05, 0) is 49.6 Å². The third kappa shape index (κ3) is 5.87. The fourth-order valence-corrected chi connectivity index (χ4v) is 3.06. The molecule has 1 aliphatic carbocycles. The minimum Gasteiger partial charge on any atom is -0.396 e. The maximum atomic E-state index is 9.55. The van der Waals surface area contributed by atoms with E-state index in [0.717, 1.165) is 37.3 Å². The van der Waals surface area contributed by atoms with Crippen molar-refractivity contribution in [1.82, 2.24) is 5.32 Å². The average molecular weight is 241 g/mol. The van der Waals surface area contributed by atoms with E-state index >= 15 is 0 Å². The molecule has 0 aromatic carbocycles. The van der Waals surface area contributed by atoms with Gasteiger partial charge in [-0.25, -0.2) is 0 Å². The molecule has 0 bridgehead atoms. The first-order valence-corrected chi connectivity index (χ1v) is 7.45. The average Bonchev–Trinajstić information content (AvgIpc) is 2.29. The largest absolute Gasteiger partial charge is 0.396 e. The van der Waals surface area contributed by atoms with Gasteiger partial charge in [0.15, 0.2) is 0 Å². The first-order valence-electron chi connectivity index (χ1n) is 7.45. The van der Waals surface area contributed by atoms with E-state index in [1.165, 1.54) is 25.7 Å². The van der Waals surface area contributed by atoms with Crippen LogP contribution in [-0.4, -0.2) is 24.8 Å². The summed E-state index contributed by atoms with van der Waals surface area (Å²) in [5.41, 5.74) is 0. The molecule has 0 saturated heterocycles. The smallest absolute Gasteiger partial charge is 0.0462 e. The lowest BCUT2D eigenvalue weighted by molar-refractivity contribution is 0.123. The van der Waals surface area contributed by atoms with Crippen molar-refractivity contribution in [1.29, 1.82) is 0 Å². The number of nitrogens with one attached hydrogen (secondary N) is 1. The second kappa shape index (κ2) is 8.10. The molecule has 2 heteroatoms. The Morgan fingerprint density at radius 1 is 1.29 bits per heavy atom. The summed E-state index contributed by atoms with van der Waals surface area (Å²) in [6.45, 7) is 9.37. The minimum atomic E-state index is 0.376. The molecule has 0 aromatic rings. The van der Waals surface area contributed by atoms with E-state index in [1.54, 1.807) is 0 Å². The van der Waals surface area contributed by atoms with Gasteiger partial charge in [0.25, 0.3) is 0 Å². The first kappa shape index (κ1) is 15.0. The molecule has 2 nitrogen and oxygen atoms in total. The molecule has 3 atom stereocenters. The Balaban J connectivity index is 2.22. The van der Waals surface area contributed by atoms with Gasteiger partial charge in [-0.1, -0.05) is 40.0 Å². The van der Waals surface area contributed by atoms with Gasteiger partial charge in [-0.3, -0.25) is 0 Å². The van der Waals surface area contributed by atoms with Crippen molar-refractivity contribution in [3.8, 4) is 0 Å². The van der Waals surface area contributed by atoms with Gasteiger partial charge in [0.05, 0.1) is 0 Å². The molecule has 0 amide bonds. The molecule has 1 saturated carbocycles. The summed E-state index contributed by atoms with van der Waals surface area (Å²) in [6.07, 6.45) is 6.55. The number of hydrogen-bond acceptors (Lipinski definition) is 2. The molecule has 1 rings (SSSR count). The van der Waals surface area contributed by atoms with E-state index in [0.29, 0.717) is 12.5 Å². The predicted molar refractivity (Wildman–Crippen MR) is 74.0 cm³/mol. The first-order chi connectivity index (χ1) is 8.13. The van der Waals surface area contributed by atoms with E-state index in [4.69, 9.17) is 0 Å². The van der Waals surface area contributed by atoms with Gasteiger partial charge >= 0.3 is 0 Å². The third-order valence-corrected chi connectivity index (χ3v) is 4.12. The molecule has 1 fully saturated rings. The number of hydrogen-bond donors (Lipinski definition) is 2. The molecule has 2 N–H and O–H groups in total. The standard InChI is InChI=1S/C15H31NO/c1-12(2)10-16-8-7-15(11-17)14-6-4-5-13(3)9-14/h12-17H,4-11H2,1-3H3. The maximum absolute atomic E-state index is 9.55. The number of rotatable bonds is 7. The van der Waals surface area contributed by atoms with Crippen LogP contribution in [-0.2, 0) is 0 Å². The van der Waals surface area contributed by atoms with Crippen LogP contribution < -0.4 is 5.32 Å². The van der Waals surface area contributed by atoms with Crippen molar-refractivity contribution >= 4 is 0 Å².